The topological polar surface area (TPSA) is 64.6 Å². The van der Waals surface area contributed by atoms with Gasteiger partial charge in [0.1, 0.15) is 5.75 Å². The SMILES string of the molecule is C=C(CC(=O)Nc1ccc(OC)cc1)C(=O)OCCCC. The van der Waals surface area contributed by atoms with Gasteiger partial charge in [0, 0.05) is 11.3 Å². The zero-order chi connectivity index (χ0) is 15.7. The molecule has 0 spiro atoms. The molecule has 0 fully saturated rings. The second-order valence-electron chi connectivity index (χ2n) is 4.55. The number of ether oxygens (including phenoxy) is 2. The number of methoxy groups -OCH3 is 1. The van der Waals surface area contributed by atoms with Gasteiger partial charge in [-0.25, -0.2) is 4.79 Å². The lowest BCUT2D eigenvalue weighted by Crippen LogP contribution is -2.17. The number of amides is 1. The summed E-state index contributed by atoms with van der Waals surface area (Å²) in [4.78, 5) is 23.4. The Labute approximate surface area is 124 Å². The summed E-state index contributed by atoms with van der Waals surface area (Å²) < 4.78 is 10.0. The van der Waals surface area contributed by atoms with Crippen molar-refractivity contribution in [2.75, 3.05) is 19.0 Å². The minimum absolute atomic E-state index is 0.0863. The van der Waals surface area contributed by atoms with Crippen LogP contribution in [0.5, 0.6) is 5.75 Å². The van der Waals surface area contributed by atoms with Crippen molar-refractivity contribution in [3.63, 3.8) is 0 Å². The molecule has 0 heterocycles. The monoisotopic (exact) mass is 291 g/mol. The Kier molecular flexibility index (Phi) is 7.01. The summed E-state index contributed by atoms with van der Waals surface area (Å²) in [6.07, 6.45) is 1.66. The molecular formula is C16H21NO4. The van der Waals surface area contributed by atoms with Gasteiger partial charge in [-0.3, -0.25) is 4.79 Å². The van der Waals surface area contributed by atoms with Gasteiger partial charge < -0.3 is 14.8 Å². The molecule has 0 saturated heterocycles. The molecule has 0 atom stereocenters. The molecule has 1 aromatic rings. The largest absolute Gasteiger partial charge is 0.497 e. The average molecular weight is 291 g/mol. The van der Waals surface area contributed by atoms with E-state index in [1.165, 1.54) is 0 Å². The van der Waals surface area contributed by atoms with E-state index in [0.29, 0.717) is 18.0 Å². The zero-order valence-electron chi connectivity index (χ0n) is 12.5. The quantitative estimate of drug-likeness (QED) is 0.454. The number of hydrogen-bond acceptors (Lipinski definition) is 4. The highest BCUT2D eigenvalue weighted by Crippen LogP contribution is 2.15. The van der Waals surface area contributed by atoms with Crippen molar-refractivity contribution in [3.05, 3.63) is 36.4 Å². The van der Waals surface area contributed by atoms with E-state index >= 15 is 0 Å². The predicted octanol–water partition coefficient (Wildman–Crippen LogP) is 2.92. The number of unbranched alkanes of at least 4 members (excludes halogenated alkanes) is 1. The summed E-state index contributed by atoms with van der Waals surface area (Å²) in [7, 11) is 1.57. The number of hydrogen-bond donors (Lipinski definition) is 1. The minimum atomic E-state index is -0.520. The molecule has 1 N–H and O–H groups in total. The van der Waals surface area contributed by atoms with Gasteiger partial charge in [0.2, 0.25) is 5.91 Å². The first-order chi connectivity index (χ1) is 10.1. The third-order valence-electron chi connectivity index (χ3n) is 2.77. The second-order valence-corrected chi connectivity index (χ2v) is 4.55. The first-order valence-electron chi connectivity index (χ1n) is 6.85. The third kappa shape index (κ3) is 6.12. The summed E-state index contributed by atoms with van der Waals surface area (Å²) in [5.74, 6) is -0.122. The maximum Gasteiger partial charge on any atom is 0.333 e. The Morgan fingerprint density at radius 1 is 1.24 bits per heavy atom. The van der Waals surface area contributed by atoms with Crippen LogP contribution in [0.25, 0.3) is 0 Å². The van der Waals surface area contributed by atoms with Crippen molar-refractivity contribution >= 4 is 17.6 Å². The van der Waals surface area contributed by atoms with E-state index in [1.54, 1.807) is 31.4 Å². The van der Waals surface area contributed by atoms with E-state index in [9.17, 15) is 9.59 Å². The Balaban J connectivity index is 2.41. The highest BCUT2D eigenvalue weighted by atomic mass is 16.5. The summed E-state index contributed by atoms with van der Waals surface area (Å²) in [6, 6.07) is 6.92. The summed E-state index contributed by atoms with van der Waals surface area (Å²) in [6.45, 7) is 5.95. The Bertz CT molecular complexity index is 494. The minimum Gasteiger partial charge on any atom is -0.497 e. The van der Waals surface area contributed by atoms with E-state index in [1.807, 2.05) is 6.92 Å². The molecule has 1 aromatic carbocycles. The first-order valence-corrected chi connectivity index (χ1v) is 6.85. The van der Waals surface area contributed by atoms with E-state index in [2.05, 4.69) is 11.9 Å². The lowest BCUT2D eigenvalue weighted by atomic mass is 10.2. The Morgan fingerprint density at radius 3 is 2.48 bits per heavy atom. The van der Waals surface area contributed by atoms with Crippen molar-refractivity contribution in [1.82, 2.24) is 0 Å². The van der Waals surface area contributed by atoms with Crippen LogP contribution < -0.4 is 10.1 Å². The highest BCUT2D eigenvalue weighted by Gasteiger charge is 2.13. The van der Waals surface area contributed by atoms with Crippen LogP contribution in [0.1, 0.15) is 26.2 Å². The normalized spacial score (nSPS) is 9.81. The van der Waals surface area contributed by atoms with Crippen LogP contribution in [-0.2, 0) is 14.3 Å². The van der Waals surface area contributed by atoms with Crippen molar-refractivity contribution in [3.8, 4) is 5.75 Å². The molecule has 0 aliphatic rings. The molecule has 21 heavy (non-hydrogen) atoms. The number of esters is 1. The number of benzene rings is 1. The summed E-state index contributed by atoms with van der Waals surface area (Å²) >= 11 is 0. The predicted molar refractivity (Wildman–Crippen MR) is 81.2 cm³/mol. The average Bonchev–Trinajstić information content (AvgIpc) is 2.48. The summed E-state index contributed by atoms with van der Waals surface area (Å²) in [5.41, 5.74) is 0.782. The van der Waals surface area contributed by atoms with Crippen molar-refractivity contribution in [1.29, 1.82) is 0 Å². The van der Waals surface area contributed by atoms with Crippen LogP contribution >= 0.6 is 0 Å². The number of anilines is 1. The van der Waals surface area contributed by atoms with Crippen molar-refractivity contribution in [2.24, 2.45) is 0 Å². The molecule has 0 aliphatic heterocycles. The maximum absolute atomic E-state index is 11.8. The van der Waals surface area contributed by atoms with Crippen molar-refractivity contribution in [2.45, 2.75) is 26.2 Å². The van der Waals surface area contributed by atoms with Gasteiger partial charge in [-0.2, -0.15) is 0 Å². The van der Waals surface area contributed by atoms with Gasteiger partial charge in [-0.1, -0.05) is 19.9 Å². The fourth-order valence-electron chi connectivity index (χ4n) is 1.56. The molecule has 0 unspecified atom stereocenters. The highest BCUT2D eigenvalue weighted by molar-refractivity contribution is 5.99. The van der Waals surface area contributed by atoms with Crippen LogP contribution in [0.2, 0.25) is 0 Å². The van der Waals surface area contributed by atoms with E-state index in [-0.39, 0.29) is 17.9 Å². The van der Waals surface area contributed by atoms with Crippen LogP contribution in [0, 0.1) is 0 Å². The molecular weight excluding hydrogens is 270 g/mol. The molecule has 114 valence electrons. The summed E-state index contributed by atoms with van der Waals surface area (Å²) in [5, 5.41) is 2.68. The van der Waals surface area contributed by atoms with E-state index < -0.39 is 5.97 Å². The lowest BCUT2D eigenvalue weighted by molar-refractivity contribution is -0.139. The standard InChI is InChI=1S/C16H21NO4/c1-4-5-10-21-16(19)12(2)11-15(18)17-13-6-8-14(20-3)9-7-13/h6-9H,2,4-5,10-11H2,1,3H3,(H,17,18). The molecule has 0 saturated carbocycles. The molecule has 0 radical (unpaired) electrons. The molecule has 1 amide bonds. The van der Waals surface area contributed by atoms with Gasteiger partial charge in [-0.05, 0) is 30.7 Å². The van der Waals surface area contributed by atoms with E-state index in [0.717, 1.165) is 12.8 Å². The molecule has 0 bridgehead atoms. The van der Waals surface area contributed by atoms with E-state index in [4.69, 9.17) is 9.47 Å². The van der Waals surface area contributed by atoms with Crippen LogP contribution in [0.4, 0.5) is 5.69 Å². The number of carbonyl (C=O) groups is 2. The Hall–Kier alpha value is -2.30. The third-order valence-corrected chi connectivity index (χ3v) is 2.77. The second kappa shape index (κ2) is 8.79. The number of nitrogens with one attached hydrogen (secondary N) is 1. The lowest BCUT2D eigenvalue weighted by Gasteiger charge is -2.08. The Morgan fingerprint density at radius 2 is 1.90 bits per heavy atom. The number of rotatable bonds is 8. The maximum atomic E-state index is 11.8. The van der Waals surface area contributed by atoms with Crippen molar-refractivity contribution < 1.29 is 19.1 Å². The molecule has 1 rings (SSSR count). The van der Waals surface area contributed by atoms with Crippen LogP contribution in [0.15, 0.2) is 36.4 Å². The van der Waals surface area contributed by atoms with Crippen LogP contribution in [0.3, 0.4) is 0 Å². The fraction of sp³-hybridized carbons (Fsp3) is 0.375. The molecule has 0 aromatic heterocycles. The smallest absolute Gasteiger partial charge is 0.333 e. The molecule has 0 aliphatic carbocycles. The van der Waals surface area contributed by atoms with Gasteiger partial charge in [0.15, 0.2) is 0 Å². The van der Waals surface area contributed by atoms with Gasteiger partial charge >= 0.3 is 5.97 Å². The van der Waals surface area contributed by atoms with Gasteiger partial charge in [-0.15, -0.1) is 0 Å². The number of carbonyl (C=O) groups excluding carboxylic acids is 2. The first kappa shape index (κ1) is 16.8. The van der Waals surface area contributed by atoms with Gasteiger partial charge in [0.25, 0.3) is 0 Å². The van der Waals surface area contributed by atoms with Crippen LogP contribution in [-0.4, -0.2) is 25.6 Å². The fourth-order valence-corrected chi connectivity index (χ4v) is 1.56. The molecule has 5 nitrogen and oxygen atoms in total. The zero-order valence-corrected chi connectivity index (χ0v) is 12.5. The molecule has 5 heteroatoms. The van der Waals surface area contributed by atoms with Gasteiger partial charge in [0.05, 0.1) is 20.1 Å².